The van der Waals surface area contributed by atoms with E-state index in [2.05, 4.69) is 0 Å². The maximum Gasteiger partial charge on any atom is 0.410 e. The van der Waals surface area contributed by atoms with Crippen LogP contribution in [0.15, 0.2) is 0 Å². The number of ether oxygens (including phenoxy) is 3. The summed E-state index contributed by atoms with van der Waals surface area (Å²) < 4.78 is 16.6. The molecule has 0 aromatic carbocycles. The van der Waals surface area contributed by atoms with Gasteiger partial charge >= 0.3 is 6.09 Å². The summed E-state index contributed by atoms with van der Waals surface area (Å²) in [7, 11) is 0. The number of nitrogens with zero attached hydrogens (tertiary/aromatic N) is 1. The van der Waals surface area contributed by atoms with Gasteiger partial charge in [0.25, 0.3) is 0 Å². The van der Waals surface area contributed by atoms with Gasteiger partial charge in [0.2, 0.25) is 0 Å². The monoisotopic (exact) mass is 273 g/mol. The Morgan fingerprint density at radius 1 is 1.53 bits per heavy atom. The number of aliphatic hydroxyl groups excluding tert-OH is 1. The van der Waals surface area contributed by atoms with Crippen molar-refractivity contribution in [2.75, 3.05) is 32.9 Å². The molecule has 0 bridgehead atoms. The summed E-state index contributed by atoms with van der Waals surface area (Å²) in [5.41, 5.74) is -0.981. The standard InChI is InChI=1S/C13H23NO5/c1-12(2,3)19-11(16)14-4-5-18-13(8-14)6-10(7-15)17-9-13/h10,15H,4-9H2,1-3H3/t10-,13+/m0/s1. The third kappa shape index (κ3) is 3.58. The van der Waals surface area contributed by atoms with Crippen LogP contribution in [-0.2, 0) is 14.2 Å². The van der Waals surface area contributed by atoms with E-state index in [1.807, 2.05) is 20.8 Å². The zero-order valence-electron chi connectivity index (χ0n) is 11.8. The van der Waals surface area contributed by atoms with Gasteiger partial charge in [-0.2, -0.15) is 0 Å². The van der Waals surface area contributed by atoms with Crippen LogP contribution in [0.5, 0.6) is 0 Å². The average molecular weight is 273 g/mol. The van der Waals surface area contributed by atoms with Crippen LogP contribution >= 0.6 is 0 Å². The van der Waals surface area contributed by atoms with Crippen LogP contribution < -0.4 is 0 Å². The predicted molar refractivity (Wildman–Crippen MR) is 67.9 cm³/mol. The van der Waals surface area contributed by atoms with Crippen molar-refractivity contribution >= 4 is 6.09 Å². The summed E-state index contributed by atoms with van der Waals surface area (Å²) >= 11 is 0. The zero-order valence-corrected chi connectivity index (χ0v) is 11.8. The Labute approximate surface area is 113 Å². The molecule has 0 radical (unpaired) electrons. The second-order valence-electron chi connectivity index (χ2n) is 6.25. The van der Waals surface area contributed by atoms with Crippen molar-refractivity contribution in [3.8, 4) is 0 Å². The second-order valence-corrected chi connectivity index (χ2v) is 6.25. The molecule has 2 fully saturated rings. The Morgan fingerprint density at radius 3 is 2.84 bits per heavy atom. The minimum Gasteiger partial charge on any atom is -0.444 e. The van der Waals surface area contributed by atoms with Gasteiger partial charge in [-0.1, -0.05) is 0 Å². The first-order valence-electron chi connectivity index (χ1n) is 6.68. The highest BCUT2D eigenvalue weighted by Gasteiger charge is 2.46. The van der Waals surface area contributed by atoms with Crippen molar-refractivity contribution in [1.82, 2.24) is 4.90 Å². The molecule has 2 atom stereocenters. The molecule has 6 heteroatoms. The van der Waals surface area contributed by atoms with Crippen LogP contribution in [0.3, 0.4) is 0 Å². The molecule has 0 unspecified atom stereocenters. The lowest BCUT2D eigenvalue weighted by Gasteiger charge is -2.39. The van der Waals surface area contributed by atoms with E-state index < -0.39 is 11.2 Å². The van der Waals surface area contributed by atoms with E-state index in [4.69, 9.17) is 19.3 Å². The number of hydrogen-bond donors (Lipinski definition) is 1. The van der Waals surface area contributed by atoms with E-state index in [-0.39, 0.29) is 18.8 Å². The molecule has 19 heavy (non-hydrogen) atoms. The lowest BCUT2D eigenvalue weighted by Crippen LogP contribution is -2.55. The van der Waals surface area contributed by atoms with E-state index in [1.54, 1.807) is 4.90 Å². The predicted octanol–water partition coefficient (Wildman–Crippen LogP) is 0.774. The van der Waals surface area contributed by atoms with Crippen LogP contribution in [0.4, 0.5) is 4.79 Å². The Bertz CT molecular complexity index is 340. The van der Waals surface area contributed by atoms with Crippen molar-refractivity contribution in [3.63, 3.8) is 0 Å². The summed E-state index contributed by atoms with van der Waals surface area (Å²) in [5.74, 6) is 0. The molecule has 0 saturated carbocycles. The summed E-state index contributed by atoms with van der Waals surface area (Å²) in [5, 5.41) is 9.12. The summed E-state index contributed by atoms with van der Waals surface area (Å²) in [4.78, 5) is 13.7. The summed E-state index contributed by atoms with van der Waals surface area (Å²) in [6.45, 7) is 7.40. The van der Waals surface area contributed by atoms with E-state index in [9.17, 15) is 4.79 Å². The highest BCUT2D eigenvalue weighted by Crippen LogP contribution is 2.31. The first-order chi connectivity index (χ1) is 8.84. The highest BCUT2D eigenvalue weighted by molar-refractivity contribution is 5.68. The fourth-order valence-electron chi connectivity index (χ4n) is 2.46. The lowest BCUT2D eigenvalue weighted by atomic mass is 9.98. The number of aliphatic hydroxyl groups is 1. The van der Waals surface area contributed by atoms with Gasteiger partial charge in [0, 0.05) is 13.0 Å². The fourth-order valence-corrected chi connectivity index (χ4v) is 2.46. The molecule has 1 amide bonds. The fraction of sp³-hybridized carbons (Fsp3) is 0.923. The van der Waals surface area contributed by atoms with Gasteiger partial charge in [-0.15, -0.1) is 0 Å². The Kier molecular flexibility index (Phi) is 4.03. The number of carbonyl (C=O) groups excluding carboxylic acids is 1. The molecule has 1 spiro atoms. The average Bonchev–Trinajstić information content (AvgIpc) is 2.70. The SMILES string of the molecule is CC(C)(C)OC(=O)N1CCO[C@@]2(CO[C@H](CO)C2)C1. The largest absolute Gasteiger partial charge is 0.444 e. The molecular weight excluding hydrogens is 250 g/mol. The van der Waals surface area contributed by atoms with Gasteiger partial charge in [0.1, 0.15) is 11.2 Å². The summed E-state index contributed by atoms with van der Waals surface area (Å²) in [6, 6.07) is 0. The molecule has 2 aliphatic heterocycles. The molecule has 0 aromatic heterocycles. The van der Waals surface area contributed by atoms with Gasteiger partial charge in [0.05, 0.1) is 32.5 Å². The van der Waals surface area contributed by atoms with Crippen LogP contribution in [0.1, 0.15) is 27.2 Å². The Hall–Kier alpha value is -0.850. The molecule has 2 saturated heterocycles. The minimum absolute atomic E-state index is 0.0163. The van der Waals surface area contributed by atoms with Gasteiger partial charge in [-0.3, -0.25) is 0 Å². The second kappa shape index (κ2) is 5.26. The van der Waals surface area contributed by atoms with Crippen molar-refractivity contribution in [2.24, 2.45) is 0 Å². The third-order valence-corrected chi connectivity index (χ3v) is 3.29. The van der Waals surface area contributed by atoms with Gasteiger partial charge in [-0.05, 0) is 20.8 Å². The minimum atomic E-state index is -0.498. The smallest absolute Gasteiger partial charge is 0.410 e. The molecule has 0 aliphatic carbocycles. The number of morpholine rings is 1. The Balaban J connectivity index is 1.96. The summed E-state index contributed by atoms with van der Waals surface area (Å²) in [6.07, 6.45) is 0.101. The highest BCUT2D eigenvalue weighted by atomic mass is 16.6. The number of carbonyl (C=O) groups is 1. The number of hydrogen-bond acceptors (Lipinski definition) is 5. The normalized spacial score (nSPS) is 31.8. The molecule has 2 heterocycles. The number of amides is 1. The maximum absolute atomic E-state index is 12.1. The zero-order chi connectivity index (χ0) is 14.1. The molecule has 110 valence electrons. The van der Waals surface area contributed by atoms with Crippen LogP contribution in [0.2, 0.25) is 0 Å². The van der Waals surface area contributed by atoms with Crippen LogP contribution in [0, 0.1) is 0 Å². The lowest BCUT2D eigenvalue weighted by molar-refractivity contribution is -0.108. The van der Waals surface area contributed by atoms with Crippen molar-refractivity contribution in [1.29, 1.82) is 0 Å². The van der Waals surface area contributed by atoms with Crippen molar-refractivity contribution in [3.05, 3.63) is 0 Å². The van der Waals surface area contributed by atoms with E-state index in [1.165, 1.54) is 0 Å². The first-order valence-corrected chi connectivity index (χ1v) is 6.68. The molecule has 0 aromatic rings. The molecule has 1 N–H and O–H groups in total. The quantitative estimate of drug-likeness (QED) is 0.764. The van der Waals surface area contributed by atoms with Crippen LogP contribution in [0.25, 0.3) is 0 Å². The molecule has 2 rings (SSSR count). The topological polar surface area (TPSA) is 68.2 Å². The number of rotatable bonds is 1. The van der Waals surface area contributed by atoms with Gasteiger partial charge in [0.15, 0.2) is 0 Å². The molecule has 2 aliphatic rings. The third-order valence-electron chi connectivity index (χ3n) is 3.29. The van der Waals surface area contributed by atoms with Gasteiger partial charge < -0.3 is 24.2 Å². The van der Waals surface area contributed by atoms with Gasteiger partial charge in [-0.25, -0.2) is 4.79 Å². The van der Waals surface area contributed by atoms with Crippen molar-refractivity contribution < 1.29 is 24.1 Å². The molecule has 6 nitrogen and oxygen atoms in total. The van der Waals surface area contributed by atoms with E-state index >= 15 is 0 Å². The van der Waals surface area contributed by atoms with E-state index in [0.717, 1.165) is 0 Å². The Morgan fingerprint density at radius 2 is 2.26 bits per heavy atom. The first kappa shape index (κ1) is 14.6. The van der Waals surface area contributed by atoms with Crippen LogP contribution in [-0.4, -0.2) is 66.3 Å². The van der Waals surface area contributed by atoms with E-state index in [0.29, 0.717) is 32.7 Å². The maximum atomic E-state index is 12.1. The van der Waals surface area contributed by atoms with Crippen molar-refractivity contribution in [2.45, 2.75) is 44.5 Å². The molecular formula is C13H23NO5.